The van der Waals surface area contributed by atoms with Gasteiger partial charge in [-0.2, -0.15) is 0 Å². The van der Waals surface area contributed by atoms with Crippen LogP contribution in [0.25, 0.3) is 45.1 Å². The van der Waals surface area contributed by atoms with Crippen LogP contribution in [0.3, 0.4) is 0 Å². The van der Waals surface area contributed by atoms with Crippen LogP contribution in [0.5, 0.6) is 11.5 Å². The minimum Gasteiger partial charge on any atom is -0.493 e. The first-order valence-corrected chi connectivity index (χ1v) is 15.2. The van der Waals surface area contributed by atoms with E-state index in [0.717, 1.165) is 81.6 Å². The van der Waals surface area contributed by atoms with Crippen molar-refractivity contribution in [1.82, 2.24) is 9.97 Å². The predicted molar refractivity (Wildman–Crippen MR) is 171 cm³/mol. The molecule has 2 aromatic heterocycles. The number of fused-ring (bicyclic) bond motifs is 2. The van der Waals surface area contributed by atoms with E-state index in [4.69, 9.17) is 28.3 Å². The monoisotopic (exact) mass is 568 g/mol. The molecule has 0 saturated heterocycles. The summed E-state index contributed by atoms with van der Waals surface area (Å²) in [4.78, 5) is 9.66. The average Bonchev–Trinajstić information content (AvgIpc) is 3.55. The standard InChI is InChI=1S/C36H44N2O4/c1-9-11-17-39-29-21-31-27(19-25(29)35(3,4)5)37-33(41-31)23-13-15-24(16-14-23)34-38-28-20-26(36(6,7)8)30(22-32(28)42-34)40-18-12-10-2/h13-16,19-22H,9-12,17-18H2,1-8H3. The van der Waals surface area contributed by atoms with Crippen LogP contribution < -0.4 is 9.47 Å². The first-order chi connectivity index (χ1) is 20.0. The Morgan fingerprint density at radius 3 is 1.31 bits per heavy atom. The van der Waals surface area contributed by atoms with Gasteiger partial charge < -0.3 is 18.3 Å². The maximum absolute atomic E-state index is 6.22. The number of hydrogen-bond donors (Lipinski definition) is 0. The van der Waals surface area contributed by atoms with Gasteiger partial charge in [0.15, 0.2) is 11.2 Å². The molecule has 0 bridgehead atoms. The molecule has 42 heavy (non-hydrogen) atoms. The molecule has 0 radical (unpaired) electrons. The van der Waals surface area contributed by atoms with Gasteiger partial charge in [-0.3, -0.25) is 0 Å². The molecule has 0 aliphatic rings. The zero-order valence-corrected chi connectivity index (χ0v) is 26.4. The Morgan fingerprint density at radius 2 is 0.976 bits per heavy atom. The Balaban J connectivity index is 1.44. The van der Waals surface area contributed by atoms with Gasteiger partial charge in [0.2, 0.25) is 11.8 Å². The minimum atomic E-state index is -0.0773. The summed E-state index contributed by atoms with van der Waals surface area (Å²) in [5.74, 6) is 2.88. The topological polar surface area (TPSA) is 70.5 Å². The van der Waals surface area contributed by atoms with E-state index in [1.807, 2.05) is 36.4 Å². The highest BCUT2D eigenvalue weighted by molar-refractivity contribution is 5.81. The van der Waals surface area contributed by atoms with Crippen molar-refractivity contribution in [1.29, 1.82) is 0 Å². The van der Waals surface area contributed by atoms with Crippen molar-refractivity contribution in [2.75, 3.05) is 13.2 Å². The Morgan fingerprint density at radius 1 is 0.595 bits per heavy atom. The molecule has 0 saturated carbocycles. The van der Waals surface area contributed by atoms with E-state index in [1.54, 1.807) is 0 Å². The van der Waals surface area contributed by atoms with Crippen LogP contribution in [-0.4, -0.2) is 23.2 Å². The van der Waals surface area contributed by atoms with Crippen LogP contribution in [0.2, 0.25) is 0 Å². The van der Waals surface area contributed by atoms with Crippen LogP contribution in [-0.2, 0) is 10.8 Å². The van der Waals surface area contributed by atoms with Crippen molar-refractivity contribution in [3.63, 3.8) is 0 Å². The number of hydrogen-bond acceptors (Lipinski definition) is 6. The fraction of sp³-hybridized carbons (Fsp3) is 0.444. The quantitative estimate of drug-likeness (QED) is 0.156. The van der Waals surface area contributed by atoms with E-state index in [1.165, 1.54) is 0 Å². The van der Waals surface area contributed by atoms with Gasteiger partial charge in [-0.15, -0.1) is 0 Å². The lowest BCUT2D eigenvalue weighted by atomic mass is 9.86. The summed E-state index contributed by atoms with van der Waals surface area (Å²) in [5.41, 5.74) is 6.98. The lowest BCUT2D eigenvalue weighted by Gasteiger charge is -2.22. The molecule has 6 nitrogen and oxygen atoms in total. The number of nitrogens with zero attached hydrogens (tertiary/aromatic N) is 2. The average molecular weight is 569 g/mol. The number of unbranched alkanes of at least 4 members (excludes halogenated alkanes) is 2. The van der Waals surface area contributed by atoms with Gasteiger partial charge in [0.05, 0.1) is 13.2 Å². The van der Waals surface area contributed by atoms with Gasteiger partial charge in [0.1, 0.15) is 22.5 Å². The fourth-order valence-electron chi connectivity index (χ4n) is 4.98. The van der Waals surface area contributed by atoms with Crippen LogP contribution in [0.4, 0.5) is 0 Å². The summed E-state index contributed by atoms with van der Waals surface area (Å²) < 4.78 is 24.8. The Bertz CT molecular complexity index is 1540. The second-order valence-corrected chi connectivity index (χ2v) is 13.2. The van der Waals surface area contributed by atoms with Crippen LogP contribution in [0.1, 0.15) is 92.2 Å². The molecular weight excluding hydrogens is 524 g/mol. The smallest absolute Gasteiger partial charge is 0.227 e. The lowest BCUT2D eigenvalue weighted by Crippen LogP contribution is -2.14. The van der Waals surface area contributed by atoms with E-state index in [2.05, 4.69) is 67.5 Å². The SMILES string of the molecule is CCCCOc1cc2oc(-c3ccc(-c4nc5cc(C(C)(C)C)c(OCCCC)cc5o4)cc3)nc2cc1C(C)(C)C. The third-order valence-electron chi connectivity index (χ3n) is 7.49. The largest absolute Gasteiger partial charge is 0.493 e. The van der Waals surface area contributed by atoms with E-state index in [0.29, 0.717) is 25.0 Å². The molecule has 0 atom stereocenters. The third kappa shape index (κ3) is 6.33. The summed E-state index contributed by atoms with van der Waals surface area (Å²) in [5, 5.41) is 0. The molecule has 0 unspecified atom stereocenters. The summed E-state index contributed by atoms with van der Waals surface area (Å²) in [6, 6.07) is 16.2. The minimum absolute atomic E-state index is 0.0773. The Labute approximate surface area is 249 Å². The van der Waals surface area contributed by atoms with Gasteiger partial charge >= 0.3 is 0 Å². The van der Waals surface area contributed by atoms with Gasteiger partial charge in [0, 0.05) is 34.4 Å². The van der Waals surface area contributed by atoms with Crippen molar-refractivity contribution in [2.45, 2.75) is 91.9 Å². The normalized spacial score (nSPS) is 12.4. The maximum atomic E-state index is 6.22. The molecule has 0 aliphatic carbocycles. The maximum Gasteiger partial charge on any atom is 0.227 e. The summed E-state index contributed by atoms with van der Waals surface area (Å²) in [6.07, 6.45) is 4.21. The van der Waals surface area contributed by atoms with Gasteiger partial charge in [-0.05, 0) is 60.1 Å². The van der Waals surface area contributed by atoms with Crippen LogP contribution in [0.15, 0.2) is 57.4 Å². The van der Waals surface area contributed by atoms with Gasteiger partial charge in [-0.1, -0.05) is 68.2 Å². The first-order valence-electron chi connectivity index (χ1n) is 15.2. The highest BCUT2D eigenvalue weighted by atomic mass is 16.5. The second-order valence-electron chi connectivity index (χ2n) is 13.2. The highest BCUT2D eigenvalue weighted by Gasteiger charge is 2.24. The second kappa shape index (κ2) is 11.8. The number of ether oxygens (including phenoxy) is 2. The zero-order valence-electron chi connectivity index (χ0n) is 26.4. The zero-order chi connectivity index (χ0) is 30.1. The molecule has 0 N–H and O–H groups in total. The van der Waals surface area contributed by atoms with E-state index < -0.39 is 0 Å². The van der Waals surface area contributed by atoms with Crippen molar-refractivity contribution >= 4 is 22.2 Å². The van der Waals surface area contributed by atoms with Crippen LogP contribution in [0, 0.1) is 0 Å². The van der Waals surface area contributed by atoms with Gasteiger partial charge in [-0.25, -0.2) is 9.97 Å². The third-order valence-corrected chi connectivity index (χ3v) is 7.49. The molecule has 0 amide bonds. The molecule has 5 rings (SSSR count). The molecule has 0 aliphatic heterocycles. The van der Waals surface area contributed by atoms with Crippen molar-refractivity contribution in [3.05, 3.63) is 59.7 Å². The Kier molecular flexibility index (Phi) is 8.36. The van der Waals surface area contributed by atoms with E-state index >= 15 is 0 Å². The molecule has 0 fully saturated rings. The molecule has 5 aromatic rings. The van der Waals surface area contributed by atoms with Crippen molar-refractivity contribution < 1.29 is 18.3 Å². The van der Waals surface area contributed by atoms with Gasteiger partial charge in [0.25, 0.3) is 0 Å². The lowest BCUT2D eigenvalue weighted by molar-refractivity contribution is 0.301. The fourth-order valence-corrected chi connectivity index (χ4v) is 4.98. The summed E-state index contributed by atoms with van der Waals surface area (Å²) >= 11 is 0. The van der Waals surface area contributed by atoms with Crippen LogP contribution >= 0.6 is 0 Å². The Hall–Kier alpha value is -3.80. The highest BCUT2D eigenvalue weighted by Crippen LogP contribution is 2.38. The number of benzene rings is 3. The molecule has 2 heterocycles. The van der Waals surface area contributed by atoms with E-state index in [-0.39, 0.29) is 10.8 Å². The van der Waals surface area contributed by atoms with E-state index in [9.17, 15) is 0 Å². The summed E-state index contributed by atoms with van der Waals surface area (Å²) in [6.45, 7) is 18.9. The molecule has 0 spiro atoms. The van der Waals surface area contributed by atoms with Crippen molar-refractivity contribution in [2.24, 2.45) is 0 Å². The first kappa shape index (κ1) is 29.7. The molecule has 3 aromatic carbocycles. The summed E-state index contributed by atoms with van der Waals surface area (Å²) in [7, 11) is 0. The molecular formula is C36H44N2O4. The number of oxazole rings is 2. The number of rotatable bonds is 10. The van der Waals surface area contributed by atoms with Crippen molar-refractivity contribution in [3.8, 4) is 34.4 Å². The molecule has 6 heteroatoms. The number of aromatic nitrogens is 2. The molecule has 222 valence electrons. The predicted octanol–water partition coefficient (Wildman–Crippen LogP) is 10.3.